The van der Waals surface area contributed by atoms with Gasteiger partial charge >= 0.3 is 0 Å². The topological polar surface area (TPSA) is 67.0 Å². The highest BCUT2D eigenvalue weighted by atomic mass is 19.1. The number of aromatic nitrogens is 2. The lowest BCUT2D eigenvalue weighted by molar-refractivity contribution is 0.0951. The minimum Gasteiger partial charge on any atom is -0.494 e. The summed E-state index contributed by atoms with van der Waals surface area (Å²) in [6.45, 7) is 2.76. The molecule has 0 aliphatic carbocycles. The quantitative estimate of drug-likeness (QED) is 0.563. The molecule has 2 N–H and O–H groups in total. The number of carbonyl (C=O) groups excluding carboxylic acids is 1. The molecular formula is C21H21F2N3O2. The zero-order valence-corrected chi connectivity index (χ0v) is 15.5. The zero-order valence-electron chi connectivity index (χ0n) is 15.5. The van der Waals surface area contributed by atoms with Crippen molar-refractivity contribution >= 4 is 5.91 Å². The monoisotopic (exact) mass is 385 g/mol. The second kappa shape index (κ2) is 9.12. The van der Waals surface area contributed by atoms with Crippen LogP contribution in [-0.2, 0) is 6.54 Å². The summed E-state index contributed by atoms with van der Waals surface area (Å²) in [6, 6.07) is 10.5. The van der Waals surface area contributed by atoms with Crippen molar-refractivity contribution in [1.29, 1.82) is 0 Å². The molecule has 0 unspecified atom stereocenters. The Balaban J connectivity index is 1.68. The van der Waals surface area contributed by atoms with Crippen molar-refractivity contribution in [2.45, 2.75) is 26.3 Å². The van der Waals surface area contributed by atoms with E-state index >= 15 is 0 Å². The van der Waals surface area contributed by atoms with Gasteiger partial charge in [-0.15, -0.1) is 0 Å². The minimum atomic E-state index is -0.686. The highest BCUT2D eigenvalue weighted by Crippen LogP contribution is 2.24. The van der Waals surface area contributed by atoms with E-state index in [4.69, 9.17) is 4.74 Å². The number of H-pyrrole nitrogens is 1. The van der Waals surface area contributed by atoms with Crippen LogP contribution in [0.15, 0.2) is 48.7 Å². The standard InChI is InChI=1S/C21H21F2N3O2/c1-2-3-8-28-18-6-4-15(5-7-18)20-19(13-25-26-20)21(27)24-12-14-9-16(22)11-17(23)10-14/h4-7,9-11,13H,2-3,8,12H2,1H3,(H,24,27)(H,25,26). The maximum Gasteiger partial charge on any atom is 0.255 e. The van der Waals surface area contributed by atoms with Gasteiger partial charge in [0.2, 0.25) is 0 Å². The lowest BCUT2D eigenvalue weighted by atomic mass is 10.1. The van der Waals surface area contributed by atoms with E-state index in [1.807, 2.05) is 24.3 Å². The number of ether oxygens (including phenoxy) is 1. The van der Waals surface area contributed by atoms with Crippen molar-refractivity contribution in [3.8, 4) is 17.0 Å². The average Bonchev–Trinajstić information content (AvgIpc) is 3.16. The lowest BCUT2D eigenvalue weighted by Crippen LogP contribution is -2.23. The summed E-state index contributed by atoms with van der Waals surface area (Å²) < 4.78 is 32.2. The van der Waals surface area contributed by atoms with E-state index in [1.165, 1.54) is 18.3 Å². The Morgan fingerprint density at radius 3 is 2.54 bits per heavy atom. The van der Waals surface area contributed by atoms with Crippen LogP contribution in [0.1, 0.15) is 35.7 Å². The number of nitrogens with zero attached hydrogens (tertiary/aromatic N) is 1. The molecule has 0 bridgehead atoms. The van der Waals surface area contributed by atoms with Gasteiger partial charge in [-0.05, 0) is 48.4 Å². The molecule has 2 aromatic carbocycles. The Kier molecular flexibility index (Phi) is 6.37. The third-order valence-electron chi connectivity index (χ3n) is 4.17. The molecule has 3 aromatic rings. The SMILES string of the molecule is CCCCOc1ccc(-c2[nH]ncc2C(=O)NCc2cc(F)cc(F)c2)cc1. The zero-order chi connectivity index (χ0) is 19.9. The molecule has 0 saturated heterocycles. The van der Waals surface area contributed by atoms with E-state index in [-0.39, 0.29) is 6.54 Å². The number of halogens is 2. The molecule has 0 radical (unpaired) electrons. The molecule has 1 heterocycles. The van der Waals surface area contributed by atoms with Crippen molar-refractivity contribution in [1.82, 2.24) is 15.5 Å². The fraction of sp³-hybridized carbons (Fsp3) is 0.238. The van der Waals surface area contributed by atoms with E-state index in [1.54, 1.807) is 0 Å². The van der Waals surface area contributed by atoms with Gasteiger partial charge in [-0.3, -0.25) is 9.89 Å². The molecule has 0 aliphatic rings. The Morgan fingerprint density at radius 2 is 1.86 bits per heavy atom. The highest BCUT2D eigenvalue weighted by molar-refractivity contribution is 5.99. The van der Waals surface area contributed by atoms with Crippen LogP contribution in [0.2, 0.25) is 0 Å². The molecule has 0 spiro atoms. The van der Waals surface area contributed by atoms with Gasteiger partial charge < -0.3 is 10.1 Å². The Bertz CT molecular complexity index is 919. The number of hydrogen-bond donors (Lipinski definition) is 2. The number of benzene rings is 2. The van der Waals surface area contributed by atoms with Crippen molar-refractivity contribution in [2.75, 3.05) is 6.61 Å². The van der Waals surface area contributed by atoms with Crippen LogP contribution in [0.25, 0.3) is 11.3 Å². The molecule has 0 aliphatic heterocycles. The minimum absolute atomic E-state index is 0.00232. The van der Waals surface area contributed by atoms with Crippen LogP contribution < -0.4 is 10.1 Å². The summed E-state index contributed by atoms with van der Waals surface area (Å²) >= 11 is 0. The number of hydrogen-bond acceptors (Lipinski definition) is 3. The second-order valence-corrected chi connectivity index (χ2v) is 6.35. The van der Waals surface area contributed by atoms with Crippen molar-refractivity contribution in [2.24, 2.45) is 0 Å². The lowest BCUT2D eigenvalue weighted by Gasteiger charge is -2.08. The number of nitrogens with one attached hydrogen (secondary N) is 2. The van der Waals surface area contributed by atoms with Gasteiger partial charge in [-0.25, -0.2) is 8.78 Å². The summed E-state index contributed by atoms with van der Waals surface area (Å²) in [7, 11) is 0. The van der Waals surface area contributed by atoms with Crippen LogP contribution in [0, 0.1) is 11.6 Å². The third kappa shape index (κ3) is 4.94. The predicted molar refractivity (Wildman–Crippen MR) is 102 cm³/mol. The first-order chi connectivity index (χ1) is 13.6. The largest absolute Gasteiger partial charge is 0.494 e. The first kappa shape index (κ1) is 19.5. The summed E-state index contributed by atoms with van der Waals surface area (Å²) in [4.78, 5) is 12.5. The second-order valence-electron chi connectivity index (χ2n) is 6.35. The van der Waals surface area contributed by atoms with Gasteiger partial charge in [-0.1, -0.05) is 13.3 Å². The van der Waals surface area contributed by atoms with Crippen molar-refractivity contribution in [3.05, 3.63) is 71.4 Å². The predicted octanol–water partition coefficient (Wildman–Crippen LogP) is 4.46. The molecule has 146 valence electrons. The Labute approximate surface area is 161 Å². The Morgan fingerprint density at radius 1 is 1.14 bits per heavy atom. The molecule has 1 aromatic heterocycles. The van der Waals surface area contributed by atoms with Crippen LogP contribution in [-0.4, -0.2) is 22.7 Å². The molecule has 7 heteroatoms. The fourth-order valence-electron chi connectivity index (χ4n) is 2.72. The molecular weight excluding hydrogens is 364 g/mol. The van der Waals surface area contributed by atoms with E-state index in [9.17, 15) is 13.6 Å². The number of aromatic amines is 1. The van der Waals surface area contributed by atoms with Gasteiger partial charge in [-0.2, -0.15) is 5.10 Å². The van der Waals surface area contributed by atoms with Crippen LogP contribution in [0.4, 0.5) is 8.78 Å². The number of amides is 1. The first-order valence-electron chi connectivity index (χ1n) is 9.06. The maximum absolute atomic E-state index is 13.3. The van der Waals surface area contributed by atoms with Gasteiger partial charge in [0.15, 0.2) is 0 Å². The molecule has 0 saturated carbocycles. The first-order valence-corrected chi connectivity index (χ1v) is 9.06. The molecule has 1 amide bonds. The van der Waals surface area contributed by atoms with Crippen molar-refractivity contribution < 1.29 is 18.3 Å². The fourth-order valence-corrected chi connectivity index (χ4v) is 2.72. The van der Waals surface area contributed by atoms with Gasteiger partial charge in [0.25, 0.3) is 5.91 Å². The average molecular weight is 385 g/mol. The van der Waals surface area contributed by atoms with E-state index < -0.39 is 17.5 Å². The van der Waals surface area contributed by atoms with Crippen LogP contribution in [0.3, 0.4) is 0 Å². The highest BCUT2D eigenvalue weighted by Gasteiger charge is 2.15. The van der Waals surface area contributed by atoms with Crippen LogP contribution in [0.5, 0.6) is 5.75 Å². The number of carbonyl (C=O) groups is 1. The van der Waals surface area contributed by atoms with Crippen molar-refractivity contribution in [3.63, 3.8) is 0 Å². The molecule has 0 fully saturated rings. The molecule has 0 atom stereocenters. The van der Waals surface area contributed by atoms with Gasteiger partial charge in [0.1, 0.15) is 17.4 Å². The summed E-state index contributed by atoms with van der Waals surface area (Å²) in [5.41, 5.74) is 2.02. The molecule has 3 rings (SSSR count). The van der Waals surface area contributed by atoms with E-state index in [2.05, 4.69) is 22.4 Å². The van der Waals surface area contributed by atoms with E-state index in [0.29, 0.717) is 23.4 Å². The number of rotatable bonds is 8. The third-order valence-corrected chi connectivity index (χ3v) is 4.17. The molecule has 5 nitrogen and oxygen atoms in total. The smallest absolute Gasteiger partial charge is 0.255 e. The maximum atomic E-state index is 13.3. The Hall–Kier alpha value is -3.22. The summed E-state index contributed by atoms with van der Waals surface area (Å²) in [6.07, 6.45) is 3.47. The summed E-state index contributed by atoms with van der Waals surface area (Å²) in [5, 5.41) is 9.42. The van der Waals surface area contributed by atoms with E-state index in [0.717, 1.165) is 30.2 Å². The molecule has 28 heavy (non-hydrogen) atoms. The number of unbranched alkanes of at least 4 members (excludes halogenated alkanes) is 1. The van der Waals surface area contributed by atoms with Gasteiger partial charge in [0.05, 0.1) is 24.1 Å². The van der Waals surface area contributed by atoms with Crippen LogP contribution >= 0.6 is 0 Å². The normalized spacial score (nSPS) is 10.7. The summed E-state index contributed by atoms with van der Waals surface area (Å²) in [5.74, 6) is -1.00. The van der Waals surface area contributed by atoms with Gasteiger partial charge in [0, 0.05) is 18.2 Å².